The number of piperidine rings is 1. The van der Waals surface area contributed by atoms with E-state index in [1.165, 1.54) is 30.7 Å². The molecule has 120 valence electrons. The van der Waals surface area contributed by atoms with Gasteiger partial charge in [0.05, 0.1) is 11.4 Å². The lowest BCUT2D eigenvalue weighted by molar-refractivity contribution is 0.102. The lowest BCUT2D eigenvalue weighted by Gasteiger charge is -2.30. The first-order valence-electron chi connectivity index (χ1n) is 7.75. The molecule has 0 unspecified atom stereocenters. The second-order valence-corrected chi connectivity index (χ2v) is 6.11. The fourth-order valence-corrected chi connectivity index (χ4v) is 2.99. The van der Waals surface area contributed by atoms with E-state index in [0.717, 1.165) is 31.6 Å². The molecule has 1 N–H and O–H groups in total. The molecule has 2 aromatic rings. The molecule has 2 aromatic carbocycles. The van der Waals surface area contributed by atoms with Crippen molar-refractivity contribution in [2.45, 2.75) is 19.3 Å². The third-order valence-corrected chi connectivity index (χ3v) is 4.25. The highest BCUT2D eigenvalue weighted by atomic mass is 35.5. The summed E-state index contributed by atoms with van der Waals surface area (Å²) >= 11 is 6.09. The number of amides is 1. The van der Waals surface area contributed by atoms with Crippen LogP contribution in [0.3, 0.4) is 0 Å². The van der Waals surface area contributed by atoms with E-state index in [9.17, 15) is 9.18 Å². The van der Waals surface area contributed by atoms with Crippen molar-refractivity contribution in [2.24, 2.45) is 0 Å². The van der Waals surface area contributed by atoms with Crippen molar-refractivity contribution in [3.05, 3.63) is 58.9 Å². The van der Waals surface area contributed by atoms with Gasteiger partial charge in [0.15, 0.2) is 0 Å². The Hall–Kier alpha value is -2.07. The lowest BCUT2D eigenvalue weighted by Crippen LogP contribution is -2.30. The highest BCUT2D eigenvalue weighted by Gasteiger charge is 2.17. The van der Waals surface area contributed by atoms with Crippen LogP contribution in [0, 0.1) is 5.82 Å². The first kappa shape index (κ1) is 15.8. The molecule has 5 heteroatoms. The lowest BCUT2D eigenvalue weighted by atomic mass is 10.1. The van der Waals surface area contributed by atoms with Crippen molar-refractivity contribution in [1.29, 1.82) is 0 Å². The SMILES string of the molecule is O=C(Nc1cc(Cl)ccc1N1CCCCC1)c1ccc(F)cc1. The molecule has 0 saturated carbocycles. The average molecular weight is 333 g/mol. The molecule has 1 amide bonds. The molecule has 0 aliphatic carbocycles. The smallest absolute Gasteiger partial charge is 0.255 e. The van der Waals surface area contributed by atoms with Crippen molar-refractivity contribution in [3.8, 4) is 0 Å². The number of nitrogens with zero attached hydrogens (tertiary/aromatic N) is 1. The van der Waals surface area contributed by atoms with E-state index in [1.807, 2.05) is 12.1 Å². The number of nitrogens with one attached hydrogen (secondary N) is 1. The Bertz CT molecular complexity index is 697. The molecule has 0 bridgehead atoms. The van der Waals surface area contributed by atoms with Crippen LogP contribution in [-0.4, -0.2) is 19.0 Å². The first-order chi connectivity index (χ1) is 11.1. The molecule has 1 fully saturated rings. The van der Waals surface area contributed by atoms with E-state index in [-0.39, 0.29) is 11.7 Å². The first-order valence-corrected chi connectivity index (χ1v) is 8.13. The molecule has 1 aliphatic heterocycles. The summed E-state index contributed by atoms with van der Waals surface area (Å²) in [7, 11) is 0. The maximum Gasteiger partial charge on any atom is 0.255 e. The van der Waals surface area contributed by atoms with E-state index in [1.54, 1.807) is 6.07 Å². The van der Waals surface area contributed by atoms with Gasteiger partial charge in [-0.15, -0.1) is 0 Å². The molecule has 23 heavy (non-hydrogen) atoms. The molecule has 0 atom stereocenters. The minimum Gasteiger partial charge on any atom is -0.370 e. The molecule has 0 radical (unpaired) electrons. The van der Waals surface area contributed by atoms with Gasteiger partial charge < -0.3 is 10.2 Å². The molecule has 1 heterocycles. The van der Waals surface area contributed by atoms with Crippen molar-refractivity contribution in [2.75, 3.05) is 23.3 Å². The number of carbonyl (C=O) groups excluding carboxylic acids is 1. The molecule has 3 rings (SSSR count). The fraction of sp³-hybridized carbons (Fsp3) is 0.278. The van der Waals surface area contributed by atoms with E-state index in [4.69, 9.17) is 11.6 Å². The van der Waals surface area contributed by atoms with Crippen LogP contribution in [0.25, 0.3) is 0 Å². The molecule has 1 saturated heterocycles. The zero-order valence-electron chi connectivity index (χ0n) is 12.7. The van der Waals surface area contributed by atoms with Gasteiger partial charge in [-0.05, 0) is 61.7 Å². The van der Waals surface area contributed by atoms with Crippen LogP contribution in [-0.2, 0) is 0 Å². The van der Waals surface area contributed by atoms with Gasteiger partial charge in [0.25, 0.3) is 5.91 Å². The van der Waals surface area contributed by atoms with Crippen LogP contribution in [0.4, 0.5) is 15.8 Å². The summed E-state index contributed by atoms with van der Waals surface area (Å²) in [5, 5.41) is 3.47. The number of halogens is 2. The summed E-state index contributed by atoms with van der Waals surface area (Å²) in [6, 6.07) is 11.0. The number of anilines is 2. The Balaban J connectivity index is 1.84. The van der Waals surface area contributed by atoms with E-state index in [2.05, 4.69) is 10.2 Å². The van der Waals surface area contributed by atoms with Gasteiger partial charge in [0, 0.05) is 23.7 Å². The second-order valence-electron chi connectivity index (χ2n) is 5.67. The number of carbonyl (C=O) groups is 1. The highest BCUT2D eigenvalue weighted by Crippen LogP contribution is 2.31. The van der Waals surface area contributed by atoms with Crippen LogP contribution in [0.15, 0.2) is 42.5 Å². The normalized spacial score (nSPS) is 14.6. The Kier molecular flexibility index (Phi) is 4.82. The van der Waals surface area contributed by atoms with Crippen LogP contribution in [0.5, 0.6) is 0 Å². The Morgan fingerprint density at radius 2 is 1.74 bits per heavy atom. The van der Waals surface area contributed by atoms with Crippen LogP contribution < -0.4 is 10.2 Å². The predicted molar refractivity (Wildman–Crippen MR) is 91.9 cm³/mol. The molecule has 3 nitrogen and oxygen atoms in total. The molecule has 0 spiro atoms. The Labute approximate surface area is 140 Å². The standard InChI is InChI=1S/C18H18ClFN2O/c19-14-6-9-17(22-10-2-1-3-11-22)16(12-14)21-18(23)13-4-7-15(20)8-5-13/h4-9,12H,1-3,10-11H2,(H,21,23). The number of rotatable bonds is 3. The Morgan fingerprint density at radius 1 is 1.04 bits per heavy atom. The minimum absolute atomic E-state index is 0.273. The van der Waals surface area contributed by atoms with Crippen molar-refractivity contribution in [3.63, 3.8) is 0 Å². The predicted octanol–water partition coefficient (Wildman–Crippen LogP) is 4.72. The number of hydrogen-bond donors (Lipinski definition) is 1. The van der Waals surface area contributed by atoms with Gasteiger partial charge in [-0.25, -0.2) is 4.39 Å². The third-order valence-electron chi connectivity index (χ3n) is 4.01. The zero-order chi connectivity index (χ0) is 16.2. The monoisotopic (exact) mass is 332 g/mol. The van der Waals surface area contributed by atoms with Crippen LogP contribution >= 0.6 is 11.6 Å². The van der Waals surface area contributed by atoms with Gasteiger partial charge in [0.2, 0.25) is 0 Å². The summed E-state index contributed by atoms with van der Waals surface area (Å²) < 4.78 is 13.0. The van der Waals surface area contributed by atoms with E-state index >= 15 is 0 Å². The minimum atomic E-state index is -0.363. The van der Waals surface area contributed by atoms with Crippen LogP contribution in [0.1, 0.15) is 29.6 Å². The van der Waals surface area contributed by atoms with E-state index in [0.29, 0.717) is 16.3 Å². The molecule has 0 aromatic heterocycles. The molecular weight excluding hydrogens is 315 g/mol. The Morgan fingerprint density at radius 3 is 2.43 bits per heavy atom. The largest absolute Gasteiger partial charge is 0.370 e. The van der Waals surface area contributed by atoms with Gasteiger partial charge in [-0.1, -0.05) is 11.6 Å². The van der Waals surface area contributed by atoms with Gasteiger partial charge in [0.1, 0.15) is 5.82 Å². The topological polar surface area (TPSA) is 32.3 Å². The summed E-state index contributed by atoms with van der Waals surface area (Å²) in [6.45, 7) is 1.95. The molecule has 1 aliphatic rings. The fourth-order valence-electron chi connectivity index (χ4n) is 2.81. The van der Waals surface area contributed by atoms with Gasteiger partial charge >= 0.3 is 0 Å². The highest BCUT2D eigenvalue weighted by molar-refractivity contribution is 6.31. The quantitative estimate of drug-likeness (QED) is 0.882. The maximum absolute atomic E-state index is 13.0. The molecular formula is C18H18ClFN2O. The third kappa shape index (κ3) is 3.82. The van der Waals surface area contributed by atoms with Gasteiger partial charge in [-0.3, -0.25) is 4.79 Å². The second kappa shape index (κ2) is 7.01. The maximum atomic E-state index is 13.0. The summed E-state index contributed by atoms with van der Waals surface area (Å²) in [6.07, 6.45) is 3.53. The number of benzene rings is 2. The van der Waals surface area contributed by atoms with E-state index < -0.39 is 0 Å². The van der Waals surface area contributed by atoms with Crippen LogP contribution in [0.2, 0.25) is 5.02 Å². The summed E-state index contributed by atoms with van der Waals surface area (Å²) in [5.74, 6) is -0.635. The zero-order valence-corrected chi connectivity index (χ0v) is 13.4. The summed E-state index contributed by atoms with van der Waals surface area (Å²) in [5.41, 5.74) is 2.08. The number of hydrogen-bond acceptors (Lipinski definition) is 2. The van der Waals surface area contributed by atoms with Gasteiger partial charge in [-0.2, -0.15) is 0 Å². The van der Waals surface area contributed by atoms with Crippen molar-refractivity contribution >= 4 is 28.9 Å². The average Bonchev–Trinajstić information content (AvgIpc) is 2.56. The van der Waals surface area contributed by atoms with Crippen molar-refractivity contribution < 1.29 is 9.18 Å². The summed E-state index contributed by atoms with van der Waals surface area (Å²) in [4.78, 5) is 14.6. The van der Waals surface area contributed by atoms with Crippen molar-refractivity contribution in [1.82, 2.24) is 0 Å².